The Bertz CT molecular complexity index is 206. The average molecular weight is 231 g/mol. The zero-order valence-corrected chi connectivity index (χ0v) is 9.90. The predicted molar refractivity (Wildman–Crippen MR) is 59.8 cm³/mol. The number of carbonyl (C=O) groups excluding carboxylic acids is 2. The summed E-state index contributed by atoms with van der Waals surface area (Å²) in [6, 6.07) is 0. The van der Waals surface area contributed by atoms with Crippen LogP contribution in [0.4, 0.5) is 0 Å². The van der Waals surface area contributed by atoms with Crippen molar-refractivity contribution >= 4 is 11.7 Å². The fraction of sp³-hybridized carbons (Fsp3) is 0.818. The molecule has 0 radical (unpaired) electrons. The van der Waals surface area contributed by atoms with E-state index < -0.39 is 23.9 Å². The lowest BCUT2D eigenvalue weighted by molar-refractivity contribution is -0.144. The van der Waals surface area contributed by atoms with Gasteiger partial charge in [-0.1, -0.05) is 20.3 Å². The van der Waals surface area contributed by atoms with E-state index in [1.807, 2.05) is 13.8 Å². The Morgan fingerprint density at radius 2 is 1.75 bits per heavy atom. The van der Waals surface area contributed by atoms with Crippen molar-refractivity contribution < 1.29 is 19.8 Å². The van der Waals surface area contributed by atoms with Crippen molar-refractivity contribution in [2.45, 2.75) is 51.7 Å². The molecular weight excluding hydrogens is 210 g/mol. The molecule has 0 fully saturated rings. The summed E-state index contributed by atoms with van der Waals surface area (Å²) in [5, 5.41) is 21.2. The van der Waals surface area contributed by atoms with Crippen molar-refractivity contribution in [3.8, 4) is 0 Å². The summed E-state index contributed by atoms with van der Waals surface area (Å²) in [6.45, 7) is 4.21. The molecule has 0 rings (SSSR count). The topological polar surface area (TPSA) is 86.6 Å². The molecule has 0 aliphatic rings. The van der Waals surface area contributed by atoms with E-state index in [1.165, 1.54) is 0 Å². The van der Waals surface area contributed by atoms with E-state index in [0.29, 0.717) is 13.0 Å². The Hall–Kier alpha value is -0.940. The SMILES string of the molecule is CCCCC(=O)[C@H](O)[C@@H](O)C(=O)NCCC. The minimum absolute atomic E-state index is 0.190. The van der Waals surface area contributed by atoms with Gasteiger partial charge in [0.25, 0.3) is 5.91 Å². The molecule has 1 amide bonds. The summed E-state index contributed by atoms with van der Waals surface area (Å²) < 4.78 is 0. The Balaban J connectivity index is 4.09. The number of aliphatic hydroxyl groups is 2. The molecule has 16 heavy (non-hydrogen) atoms. The van der Waals surface area contributed by atoms with Gasteiger partial charge in [0.2, 0.25) is 0 Å². The number of unbranched alkanes of at least 4 members (excludes halogenated alkanes) is 1. The molecule has 5 heteroatoms. The summed E-state index contributed by atoms with van der Waals surface area (Å²) in [5.74, 6) is -1.18. The van der Waals surface area contributed by atoms with Crippen LogP contribution < -0.4 is 5.32 Å². The summed E-state index contributed by atoms with van der Waals surface area (Å²) in [4.78, 5) is 22.6. The zero-order valence-electron chi connectivity index (χ0n) is 9.90. The van der Waals surface area contributed by atoms with Gasteiger partial charge in [0.15, 0.2) is 11.9 Å². The van der Waals surface area contributed by atoms with Gasteiger partial charge >= 0.3 is 0 Å². The van der Waals surface area contributed by atoms with E-state index in [4.69, 9.17) is 0 Å². The number of nitrogens with one attached hydrogen (secondary N) is 1. The molecule has 0 aromatic carbocycles. The molecule has 0 bridgehead atoms. The molecule has 0 aliphatic carbocycles. The van der Waals surface area contributed by atoms with Gasteiger partial charge in [-0.2, -0.15) is 0 Å². The third-order valence-corrected chi connectivity index (χ3v) is 2.22. The Labute approximate surface area is 95.9 Å². The third-order valence-electron chi connectivity index (χ3n) is 2.22. The van der Waals surface area contributed by atoms with E-state index in [0.717, 1.165) is 12.8 Å². The smallest absolute Gasteiger partial charge is 0.252 e. The van der Waals surface area contributed by atoms with Crippen LogP contribution in [0.25, 0.3) is 0 Å². The Morgan fingerprint density at radius 1 is 1.12 bits per heavy atom. The van der Waals surface area contributed by atoms with Crippen LogP contribution >= 0.6 is 0 Å². The lowest BCUT2D eigenvalue weighted by atomic mass is 10.0. The monoisotopic (exact) mass is 231 g/mol. The van der Waals surface area contributed by atoms with Gasteiger partial charge in [0, 0.05) is 13.0 Å². The van der Waals surface area contributed by atoms with Crippen LogP contribution in [0.15, 0.2) is 0 Å². The first-order valence-corrected chi connectivity index (χ1v) is 5.71. The average Bonchev–Trinajstić information content (AvgIpc) is 2.30. The molecule has 0 saturated heterocycles. The maximum absolute atomic E-state index is 11.3. The number of hydrogen-bond donors (Lipinski definition) is 3. The molecule has 0 spiro atoms. The van der Waals surface area contributed by atoms with Gasteiger partial charge in [-0.25, -0.2) is 0 Å². The fourth-order valence-electron chi connectivity index (χ4n) is 1.17. The number of carbonyl (C=O) groups is 2. The largest absolute Gasteiger partial charge is 0.382 e. The summed E-state index contributed by atoms with van der Waals surface area (Å²) in [7, 11) is 0. The van der Waals surface area contributed by atoms with Gasteiger partial charge in [0.05, 0.1) is 0 Å². The maximum Gasteiger partial charge on any atom is 0.252 e. The molecule has 0 aromatic heterocycles. The predicted octanol–water partition coefficient (Wildman–Crippen LogP) is -0.00630. The molecule has 0 saturated carbocycles. The lowest BCUT2D eigenvalue weighted by Gasteiger charge is -2.16. The van der Waals surface area contributed by atoms with Gasteiger partial charge in [-0.3, -0.25) is 9.59 Å². The van der Waals surface area contributed by atoms with Crippen LogP contribution in [-0.4, -0.2) is 40.7 Å². The number of ketones is 1. The molecular formula is C11H21NO4. The standard InChI is InChI=1S/C11H21NO4/c1-3-5-6-8(13)9(14)10(15)11(16)12-7-4-2/h9-10,14-15H,3-7H2,1-2H3,(H,12,16)/t9-,10+/m0/s1. The molecule has 3 N–H and O–H groups in total. The van der Waals surface area contributed by atoms with Gasteiger partial charge in [-0.05, 0) is 12.8 Å². The van der Waals surface area contributed by atoms with Crippen LogP contribution in [-0.2, 0) is 9.59 Å². The highest BCUT2D eigenvalue weighted by Crippen LogP contribution is 2.03. The number of hydrogen-bond acceptors (Lipinski definition) is 4. The van der Waals surface area contributed by atoms with E-state index in [2.05, 4.69) is 5.32 Å². The highest BCUT2D eigenvalue weighted by atomic mass is 16.3. The van der Waals surface area contributed by atoms with E-state index in [-0.39, 0.29) is 6.42 Å². The number of Topliss-reactive ketones (excluding diaryl/α,β-unsaturated/α-hetero) is 1. The van der Waals surface area contributed by atoms with Crippen molar-refractivity contribution in [2.75, 3.05) is 6.54 Å². The molecule has 5 nitrogen and oxygen atoms in total. The fourth-order valence-corrected chi connectivity index (χ4v) is 1.17. The van der Waals surface area contributed by atoms with Crippen LogP contribution in [0, 0.1) is 0 Å². The third kappa shape index (κ3) is 5.23. The van der Waals surface area contributed by atoms with Crippen LogP contribution in [0.2, 0.25) is 0 Å². The zero-order chi connectivity index (χ0) is 12.6. The van der Waals surface area contributed by atoms with E-state index in [9.17, 15) is 19.8 Å². The molecule has 94 valence electrons. The summed E-state index contributed by atoms with van der Waals surface area (Å²) in [6.07, 6.45) is -0.858. The second kappa shape index (κ2) is 8.24. The lowest BCUT2D eigenvalue weighted by Crippen LogP contribution is -2.45. The van der Waals surface area contributed by atoms with Crippen molar-refractivity contribution in [1.29, 1.82) is 0 Å². The summed E-state index contributed by atoms with van der Waals surface area (Å²) in [5.41, 5.74) is 0. The molecule has 2 atom stereocenters. The highest BCUT2D eigenvalue weighted by molar-refractivity contribution is 5.91. The van der Waals surface area contributed by atoms with Crippen molar-refractivity contribution in [1.82, 2.24) is 5.32 Å². The first kappa shape index (κ1) is 15.1. The Morgan fingerprint density at radius 3 is 2.25 bits per heavy atom. The first-order valence-electron chi connectivity index (χ1n) is 5.71. The molecule has 0 aromatic rings. The normalized spacial score (nSPS) is 14.2. The van der Waals surface area contributed by atoms with Crippen molar-refractivity contribution in [3.05, 3.63) is 0 Å². The van der Waals surface area contributed by atoms with Gasteiger partial charge in [-0.15, -0.1) is 0 Å². The number of rotatable bonds is 8. The molecule has 0 heterocycles. The maximum atomic E-state index is 11.3. The second-order valence-electron chi connectivity index (χ2n) is 3.75. The first-order chi connectivity index (χ1) is 7.54. The van der Waals surface area contributed by atoms with Crippen molar-refractivity contribution in [3.63, 3.8) is 0 Å². The minimum atomic E-state index is -1.66. The van der Waals surface area contributed by atoms with E-state index in [1.54, 1.807) is 0 Å². The van der Waals surface area contributed by atoms with Crippen LogP contribution in [0.1, 0.15) is 39.5 Å². The summed E-state index contributed by atoms with van der Waals surface area (Å²) >= 11 is 0. The van der Waals surface area contributed by atoms with Crippen LogP contribution in [0.5, 0.6) is 0 Å². The van der Waals surface area contributed by atoms with Gasteiger partial charge in [0.1, 0.15) is 6.10 Å². The van der Waals surface area contributed by atoms with Crippen molar-refractivity contribution in [2.24, 2.45) is 0 Å². The molecule has 0 aliphatic heterocycles. The van der Waals surface area contributed by atoms with Crippen LogP contribution in [0.3, 0.4) is 0 Å². The minimum Gasteiger partial charge on any atom is -0.382 e. The Kier molecular flexibility index (Phi) is 7.76. The van der Waals surface area contributed by atoms with Gasteiger partial charge < -0.3 is 15.5 Å². The highest BCUT2D eigenvalue weighted by Gasteiger charge is 2.28. The van der Waals surface area contributed by atoms with E-state index >= 15 is 0 Å². The number of aliphatic hydroxyl groups excluding tert-OH is 2. The second-order valence-corrected chi connectivity index (χ2v) is 3.75. The quantitative estimate of drug-likeness (QED) is 0.548. The molecule has 0 unspecified atom stereocenters. The number of amides is 1.